The normalized spacial score (nSPS) is 13.9. The first-order chi connectivity index (χ1) is 12.8. The maximum absolute atomic E-state index is 12.8. The van der Waals surface area contributed by atoms with E-state index in [2.05, 4.69) is 4.98 Å². The van der Waals surface area contributed by atoms with Gasteiger partial charge in [0, 0.05) is 10.6 Å². The topological polar surface area (TPSA) is 85.5 Å². The summed E-state index contributed by atoms with van der Waals surface area (Å²) in [4.78, 5) is 41.9. The van der Waals surface area contributed by atoms with E-state index < -0.39 is 18.0 Å². The summed E-state index contributed by atoms with van der Waals surface area (Å²) < 4.78 is 10.4. The van der Waals surface area contributed by atoms with Crippen LogP contribution in [0, 0.1) is 13.8 Å². The number of aromatic nitrogens is 1. The molecule has 0 aliphatic heterocycles. The number of esters is 2. The highest BCUT2D eigenvalue weighted by Crippen LogP contribution is 2.31. The van der Waals surface area contributed by atoms with Gasteiger partial charge >= 0.3 is 11.9 Å². The third-order valence-electron chi connectivity index (χ3n) is 4.76. The zero-order chi connectivity index (χ0) is 19.7. The van der Waals surface area contributed by atoms with Crippen LogP contribution in [0.15, 0.2) is 6.07 Å². The Labute approximate surface area is 161 Å². The summed E-state index contributed by atoms with van der Waals surface area (Å²) in [6.07, 6.45) is 2.16. The van der Waals surface area contributed by atoms with Gasteiger partial charge in [-0.05, 0) is 64.2 Å². The molecule has 1 aliphatic carbocycles. The van der Waals surface area contributed by atoms with E-state index in [0.717, 1.165) is 19.3 Å². The van der Waals surface area contributed by atoms with Gasteiger partial charge in [0.25, 0.3) is 0 Å². The minimum Gasteiger partial charge on any atom is -0.462 e. The molecule has 1 atom stereocenters. The standard InChI is InChI=1S/C20H23NO5S/c1-5-25-20(24)16-10(2)17(21-11(16)3)18(22)12(4)26-19(23)15-9-13-7-6-8-14(13)27-15/h9,12,21H,5-8H2,1-4H3/t12-/m1/s1. The van der Waals surface area contributed by atoms with Crippen molar-refractivity contribution in [2.24, 2.45) is 0 Å². The number of nitrogens with one attached hydrogen (secondary N) is 1. The quantitative estimate of drug-likeness (QED) is 0.600. The van der Waals surface area contributed by atoms with Crippen LogP contribution in [-0.4, -0.2) is 35.4 Å². The fourth-order valence-corrected chi connectivity index (χ4v) is 4.55. The largest absolute Gasteiger partial charge is 0.462 e. The van der Waals surface area contributed by atoms with Crippen molar-refractivity contribution < 1.29 is 23.9 Å². The van der Waals surface area contributed by atoms with Crippen molar-refractivity contribution in [3.05, 3.63) is 43.9 Å². The molecule has 1 N–H and O–H groups in total. The molecular weight excluding hydrogens is 366 g/mol. The molecule has 0 unspecified atom stereocenters. The number of rotatable bonds is 6. The lowest BCUT2D eigenvalue weighted by Crippen LogP contribution is -2.25. The Bertz CT molecular complexity index is 886. The monoisotopic (exact) mass is 389 g/mol. The molecule has 0 bridgehead atoms. The van der Waals surface area contributed by atoms with Crippen LogP contribution in [0.5, 0.6) is 0 Å². The first kappa shape index (κ1) is 19.4. The molecule has 144 valence electrons. The van der Waals surface area contributed by atoms with Gasteiger partial charge in [0.1, 0.15) is 4.88 Å². The number of ketones is 1. The number of H-pyrrole nitrogens is 1. The van der Waals surface area contributed by atoms with Crippen molar-refractivity contribution in [1.29, 1.82) is 0 Å². The van der Waals surface area contributed by atoms with Gasteiger partial charge in [-0.2, -0.15) is 0 Å². The third-order valence-corrected chi connectivity index (χ3v) is 5.98. The molecule has 3 rings (SSSR count). The predicted molar refractivity (Wildman–Crippen MR) is 102 cm³/mol. The summed E-state index contributed by atoms with van der Waals surface area (Å²) in [5, 5.41) is 0. The van der Waals surface area contributed by atoms with Gasteiger partial charge in [0.05, 0.1) is 17.9 Å². The smallest absolute Gasteiger partial charge is 0.349 e. The number of carbonyl (C=O) groups excluding carboxylic acids is 3. The van der Waals surface area contributed by atoms with E-state index in [1.807, 2.05) is 6.07 Å². The number of hydrogen-bond acceptors (Lipinski definition) is 6. The van der Waals surface area contributed by atoms with Crippen molar-refractivity contribution in [3.63, 3.8) is 0 Å². The predicted octanol–water partition coefficient (Wildman–Crippen LogP) is 3.79. The molecule has 0 spiro atoms. The first-order valence-corrected chi connectivity index (χ1v) is 9.88. The summed E-state index contributed by atoms with van der Waals surface area (Å²) >= 11 is 1.44. The molecule has 2 aromatic heterocycles. The van der Waals surface area contributed by atoms with Crippen LogP contribution in [0.1, 0.15) is 72.5 Å². The molecule has 6 nitrogen and oxygen atoms in total. The van der Waals surface area contributed by atoms with Gasteiger partial charge in [0.2, 0.25) is 5.78 Å². The Hall–Kier alpha value is -2.41. The van der Waals surface area contributed by atoms with Crippen molar-refractivity contribution in [3.8, 4) is 0 Å². The fourth-order valence-electron chi connectivity index (χ4n) is 3.41. The molecule has 0 saturated heterocycles. The Morgan fingerprint density at radius 1 is 1.22 bits per heavy atom. The van der Waals surface area contributed by atoms with E-state index >= 15 is 0 Å². The van der Waals surface area contributed by atoms with Crippen LogP contribution in [0.3, 0.4) is 0 Å². The second-order valence-electron chi connectivity index (χ2n) is 6.67. The highest BCUT2D eigenvalue weighted by Gasteiger charge is 2.28. The lowest BCUT2D eigenvalue weighted by atomic mass is 10.1. The van der Waals surface area contributed by atoms with Crippen LogP contribution < -0.4 is 0 Å². The molecule has 0 radical (unpaired) electrons. The molecule has 0 saturated carbocycles. The van der Waals surface area contributed by atoms with Gasteiger partial charge in [-0.25, -0.2) is 9.59 Å². The van der Waals surface area contributed by atoms with Gasteiger partial charge in [-0.15, -0.1) is 11.3 Å². The summed E-state index contributed by atoms with van der Waals surface area (Å²) in [6, 6.07) is 1.87. The molecule has 7 heteroatoms. The van der Waals surface area contributed by atoms with E-state index in [4.69, 9.17) is 9.47 Å². The van der Waals surface area contributed by atoms with Gasteiger partial charge < -0.3 is 14.5 Å². The van der Waals surface area contributed by atoms with Crippen molar-refractivity contribution >= 4 is 29.1 Å². The number of thiophene rings is 1. The summed E-state index contributed by atoms with van der Waals surface area (Å²) in [5.74, 6) is -1.33. The molecule has 1 aliphatic rings. The average Bonchev–Trinajstić information content (AvgIpc) is 3.27. The molecular formula is C20H23NO5S. The molecule has 27 heavy (non-hydrogen) atoms. The summed E-state index contributed by atoms with van der Waals surface area (Å²) in [5.41, 5.74) is 2.90. The minimum absolute atomic E-state index is 0.255. The number of hydrogen-bond donors (Lipinski definition) is 1. The molecule has 0 amide bonds. The van der Waals surface area contributed by atoms with Gasteiger partial charge in [-0.3, -0.25) is 4.79 Å². The van der Waals surface area contributed by atoms with E-state index in [1.54, 1.807) is 27.7 Å². The second kappa shape index (κ2) is 7.68. The minimum atomic E-state index is -0.957. The molecule has 0 aromatic carbocycles. The highest BCUT2D eigenvalue weighted by atomic mass is 32.1. The van der Waals surface area contributed by atoms with Crippen LogP contribution in [0.2, 0.25) is 0 Å². The third kappa shape index (κ3) is 3.69. The highest BCUT2D eigenvalue weighted by molar-refractivity contribution is 7.14. The lowest BCUT2D eigenvalue weighted by molar-refractivity contribution is 0.0321. The van der Waals surface area contributed by atoms with Crippen LogP contribution in [0.4, 0.5) is 0 Å². The van der Waals surface area contributed by atoms with Crippen LogP contribution >= 0.6 is 11.3 Å². The average molecular weight is 389 g/mol. The maximum atomic E-state index is 12.8. The Kier molecular flexibility index (Phi) is 5.51. The van der Waals surface area contributed by atoms with Gasteiger partial charge in [-0.1, -0.05) is 0 Å². The number of carbonyl (C=O) groups is 3. The van der Waals surface area contributed by atoms with Gasteiger partial charge in [0.15, 0.2) is 6.10 Å². The Balaban J connectivity index is 1.74. The van der Waals surface area contributed by atoms with Crippen LogP contribution in [-0.2, 0) is 22.3 Å². The number of Topliss-reactive ketones (excluding diaryl/α,β-unsaturated/α-hetero) is 1. The second-order valence-corrected chi connectivity index (χ2v) is 7.81. The number of aryl methyl sites for hydroxylation is 3. The van der Waals surface area contributed by atoms with E-state index in [9.17, 15) is 14.4 Å². The zero-order valence-corrected chi connectivity index (χ0v) is 16.7. The molecule has 2 aromatic rings. The van der Waals surface area contributed by atoms with Crippen molar-refractivity contribution in [1.82, 2.24) is 4.98 Å². The SMILES string of the molecule is CCOC(=O)c1c(C)[nH]c(C(=O)[C@@H](C)OC(=O)c2cc3c(s2)CCC3)c1C. The molecule has 2 heterocycles. The van der Waals surface area contributed by atoms with Crippen LogP contribution in [0.25, 0.3) is 0 Å². The van der Waals surface area contributed by atoms with E-state index in [0.29, 0.717) is 21.7 Å². The number of fused-ring (bicyclic) bond motifs is 1. The maximum Gasteiger partial charge on any atom is 0.349 e. The van der Waals surface area contributed by atoms with E-state index in [1.165, 1.54) is 21.8 Å². The Morgan fingerprint density at radius 3 is 2.63 bits per heavy atom. The Morgan fingerprint density at radius 2 is 1.96 bits per heavy atom. The van der Waals surface area contributed by atoms with E-state index in [-0.39, 0.29) is 18.1 Å². The number of aromatic amines is 1. The zero-order valence-electron chi connectivity index (χ0n) is 15.9. The van der Waals surface area contributed by atoms with Crippen molar-refractivity contribution in [2.75, 3.05) is 6.61 Å². The first-order valence-electron chi connectivity index (χ1n) is 9.06. The lowest BCUT2D eigenvalue weighted by Gasteiger charge is -2.11. The molecule has 0 fully saturated rings. The summed E-state index contributed by atoms with van der Waals surface area (Å²) in [7, 11) is 0. The number of ether oxygens (including phenoxy) is 2. The summed E-state index contributed by atoms with van der Waals surface area (Å²) in [6.45, 7) is 6.91. The van der Waals surface area contributed by atoms with Crippen molar-refractivity contribution in [2.45, 2.75) is 53.1 Å². The fraction of sp³-hybridized carbons (Fsp3) is 0.450.